The topological polar surface area (TPSA) is 72.0 Å². The summed E-state index contributed by atoms with van der Waals surface area (Å²) in [6.07, 6.45) is 5.91. The van der Waals surface area contributed by atoms with E-state index in [0.29, 0.717) is 35.8 Å². The molecule has 2 aliphatic heterocycles. The molecule has 1 aromatic carbocycles. The number of hydrogen-bond acceptors (Lipinski definition) is 8. The van der Waals surface area contributed by atoms with Crippen molar-refractivity contribution in [2.24, 2.45) is 0 Å². The maximum atomic E-state index is 6.44. The Morgan fingerprint density at radius 1 is 1.00 bits per heavy atom. The molecular formula is C24H34ClN5O3. The van der Waals surface area contributed by atoms with Gasteiger partial charge in [-0.1, -0.05) is 11.6 Å². The molecule has 2 aliphatic rings. The molecule has 1 aromatic heterocycles. The van der Waals surface area contributed by atoms with Crippen LogP contribution in [0.4, 0.5) is 11.6 Å². The van der Waals surface area contributed by atoms with E-state index < -0.39 is 0 Å². The minimum atomic E-state index is 0.419. The van der Waals surface area contributed by atoms with Crippen LogP contribution in [0.15, 0.2) is 24.5 Å². The molecule has 1 N–H and O–H groups in total. The van der Waals surface area contributed by atoms with Gasteiger partial charge < -0.3 is 24.4 Å². The van der Waals surface area contributed by atoms with Crippen LogP contribution in [-0.2, 0) is 11.3 Å². The zero-order valence-electron chi connectivity index (χ0n) is 19.6. The van der Waals surface area contributed by atoms with Crippen molar-refractivity contribution in [3.05, 3.63) is 35.1 Å². The molecule has 0 amide bonds. The van der Waals surface area contributed by atoms with E-state index in [9.17, 15) is 0 Å². The average Bonchev–Trinajstić information content (AvgIpc) is 2.84. The van der Waals surface area contributed by atoms with E-state index in [2.05, 4.69) is 25.1 Å². The van der Waals surface area contributed by atoms with Crippen LogP contribution < -0.4 is 19.7 Å². The first-order valence-corrected chi connectivity index (χ1v) is 12.3. The highest BCUT2D eigenvalue weighted by atomic mass is 35.5. The van der Waals surface area contributed by atoms with Gasteiger partial charge in [-0.05, 0) is 44.4 Å². The van der Waals surface area contributed by atoms with Gasteiger partial charge in [0.15, 0.2) is 0 Å². The van der Waals surface area contributed by atoms with Crippen molar-refractivity contribution in [3.63, 3.8) is 0 Å². The lowest BCUT2D eigenvalue weighted by Crippen LogP contribution is -2.39. The number of nitrogens with zero attached hydrogens (tertiary/aromatic N) is 4. The molecule has 2 fully saturated rings. The van der Waals surface area contributed by atoms with E-state index >= 15 is 0 Å². The van der Waals surface area contributed by atoms with E-state index in [1.807, 2.05) is 38.4 Å². The molecule has 3 heterocycles. The van der Waals surface area contributed by atoms with Gasteiger partial charge in [0.05, 0.1) is 44.5 Å². The van der Waals surface area contributed by atoms with Crippen LogP contribution in [0.25, 0.3) is 0 Å². The van der Waals surface area contributed by atoms with Crippen LogP contribution in [0.5, 0.6) is 11.5 Å². The highest BCUT2D eigenvalue weighted by Gasteiger charge is 2.21. The predicted molar refractivity (Wildman–Crippen MR) is 131 cm³/mol. The Kier molecular flexibility index (Phi) is 8.47. The fraction of sp³-hybridized carbons (Fsp3) is 0.583. The third kappa shape index (κ3) is 6.40. The van der Waals surface area contributed by atoms with Crippen LogP contribution in [-0.4, -0.2) is 73.5 Å². The molecule has 0 unspecified atom stereocenters. The summed E-state index contributed by atoms with van der Waals surface area (Å²) in [6.45, 7) is 11.1. The predicted octanol–water partition coefficient (Wildman–Crippen LogP) is 3.84. The van der Waals surface area contributed by atoms with Gasteiger partial charge in [-0.2, -0.15) is 0 Å². The molecule has 0 spiro atoms. The monoisotopic (exact) mass is 475 g/mol. The summed E-state index contributed by atoms with van der Waals surface area (Å²) in [5.41, 5.74) is 2.13. The summed E-state index contributed by atoms with van der Waals surface area (Å²) >= 11 is 6.44. The molecule has 2 aromatic rings. The number of aromatic nitrogens is 2. The lowest BCUT2D eigenvalue weighted by Gasteiger charge is -2.33. The van der Waals surface area contributed by atoms with E-state index in [-0.39, 0.29) is 0 Å². The van der Waals surface area contributed by atoms with Crippen LogP contribution >= 0.6 is 11.6 Å². The lowest BCUT2D eigenvalue weighted by atomic mass is 10.0. The molecular weight excluding hydrogens is 442 g/mol. The summed E-state index contributed by atoms with van der Waals surface area (Å²) < 4.78 is 16.8. The number of halogens is 1. The minimum absolute atomic E-state index is 0.419. The maximum absolute atomic E-state index is 6.44. The second-order valence-corrected chi connectivity index (χ2v) is 8.72. The lowest BCUT2D eigenvalue weighted by molar-refractivity contribution is 0.122. The first-order chi connectivity index (χ1) is 16.2. The number of rotatable bonds is 9. The zero-order valence-corrected chi connectivity index (χ0v) is 20.3. The first kappa shape index (κ1) is 23.9. The van der Waals surface area contributed by atoms with E-state index in [1.54, 1.807) is 0 Å². The molecule has 180 valence electrons. The fourth-order valence-electron chi connectivity index (χ4n) is 4.29. The number of ether oxygens (including phenoxy) is 3. The molecule has 8 nitrogen and oxygen atoms in total. The highest BCUT2D eigenvalue weighted by Crippen LogP contribution is 2.36. The van der Waals surface area contributed by atoms with Gasteiger partial charge in [0, 0.05) is 38.8 Å². The standard InChI is InChI=1S/C24H34ClN5O3/c1-3-32-21-13-18(14-22(23(21)25)33-4-2)17-29-7-5-19(6-8-29)28-20-15-26-24(27-16-20)30-9-11-31-12-10-30/h13-16,19,28H,3-12,17H2,1-2H3. The first-order valence-electron chi connectivity index (χ1n) is 11.9. The largest absolute Gasteiger partial charge is 0.492 e. The third-order valence-electron chi connectivity index (χ3n) is 5.96. The molecule has 0 atom stereocenters. The van der Waals surface area contributed by atoms with Crippen molar-refractivity contribution < 1.29 is 14.2 Å². The maximum Gasteiger partial charge on any atom is 0.225 e. The molecule has 0 radical (unpaired) electrons. The van der Waals surface area contributed by atoms with Crippen LogP contribution in [0.2, 0.25) is 5.02 Å². The number of benzene rings is 1. The van der Waals surface area contributed by atoms with Crippen molar-refractivity contribution >= 4 is 23.2 Å². The number of piperidine rings is 1. The van der Waals surface area contributed by atoms with Gasteiger partial charge in [-0.15, -0.1) is 0 Å². The fourth-order valence-corrected chi connectivity index (χ4v) is 4.51. The summed E-state index contributed by atoms with van der Waals surface area (Å²) in [7, 11) is 0. The van der Waals surface area contributed by atoms with Gasteiger partial charge in [0.25, 0.3) is 0 Å². The van der Waals surface area contributed by atoms with Crippen molar-refractivity contribution in [2.45, 2.75) is 39.3 Å². The smallest absolute Gasteiger partial charge is 0.225 e. The Bertz CT molecular complexity index is 857. The second-order valence-electron chi connectivity index (χ2n) is 8.34. The van der Waals surface area contributed by atoms with Crippen molar-refractivity contribution in [2.75, 3.05) is 62.8 Å². The molecule has 0 aliphatic carbocycles. The Hall–Kier alpha value is -2.29. The number of anilines is 2. The van der Waals surface area contributed by atoms with E-state index in [0.717, 1.165) is 76.0 Å². The molecule has 0 bridgehead atoms. The third-order valence-corrected chi connectivity index (χ3v) is 6.33. The molecule has 4 rings (SSSR count). The van der Waals surface area contributed by atoms with Crippen molar-refractivity contribution in [1.82, 2.24) is 14.9 Å². The Morgan fingerprint density at radius 2 is 1.61 bits per heavy atom. The van der Waals surface area contributed by atoms with E-state index in [4.69, 9.17) is 25.8 Å². The summed E-state index contributed by atoms with van der Waals surface area (Å²) in [5.74, 6) is 2.16. The highest BCUT2D eigenvalue weighted by molar-refractivity contribution is 6.33. The van der Waals surface area contributed by atoms with Gasteiger partial charge >= 0.3 is 0 Å². The second kappa shape index (κ2) is 11.7. The number of likely N-dealkylation sites (tertiary alicyclic amines) is 1. The zero-order chi connectivity index (χ0) is 23.0. The van der Waals surface area contributed by atoms with E-state index in [1.165, 1.54) is 0 Å². The minimum Gasteiger partial charge on any atom is -0.492 e. The summed E-state index contributed by atoms with van der Waals surface area (Å²) in [5, 5.41) is 4.15. The number of nitrogens with one attached hydrogen (secondary N) is 1. The van der Waals surface area contributed by atoms with Gasteiger partial charge in [0.1, 0.15) is 16.5 Å². The average molecular weight is 476 g/mol. The van der Waals surface area contributed by atoms with Gasteiger partial charge in [-0.25, -0.2) is 9.97 Å². The SMILES string of the molecule is CCOc1cc(CN2CCC(Nc3cnc(N4CCOCC4)nc3)CC2)cc(OCC)c1Cl. The molecule has 0 saturated carbocycles. The Balaban J connectivity index is 1.29. The van der Waals surface area contributed by atoms with Crippen LogP contribution in [0, 0.1) is 0 Å². The molecule has 33 heavy (non-hydrogen) atoms. The number of hydrogen-bond donors (Lipinski definition) is 1. The summed E-state index contributed by atoms with van der Waals surface area (Å²) in [4.78, 5) is 13.7. The molecule has 2 saturated heterocycles. The molecule has 9 heteroatoms. The van der Waals surface area contributed by atoms with Crippen molar-refractivity contribution in [1.29, 1.82) is 0 Å². The number of morpholine rings is 1. The Morgan fingerprint density at radius 3 is 2.18 bits per heavy atom. The van der Waals surface area contributed by atoms with Crippen LogP contribution in [0.1, 0.15) is 32.3 Å². The normalized spacial score (nSPS) is 17.7. The van der Waals surface area contributed by atoms with Crippen molar-refractivity contribution in [3.8, 4) is 11.5 Å². The van der Waals surface area contributed by atoms with Gasteiger partial charge in [-0.3, -0.25) is 4.90 Å². The van der Waals surface area contributed by atoms with Crippen LogP contribution in [0.3, 0.4) is 0 Å². The van der Waals surface area contributed by atoms with Gasteiger partial charge in [0.2, 0.25) is 5.95 Å². The summed E-state index contributed by atoms with van der Waals surface area (Å²) in [6, 6.07) is 4.49. The quantitative estimate of drug-likeness (QED) is 0.586. The Labute approximate surface area is 201 Å².